The second-order valence-electron chi connectivity index (χ2n) is 17.2. The van der Waals surface area contributed by atoms with Gasteiger partial charge in [-0.15, -0.1) is 0 Å². The first-order valence-electron chi connectivity index (χ1n) is 16.9. The molecular formula is C36H54O9. The highest BCUT2D eigenvalue weighted by molar-refractivity contribution is 5.81. The topological polar surface area (TPSA) is 147 Å². The van der Waals surface area contributed by atoms with Gasteiger partial charge in [-0.3, -0.25) is 9.59 Å². The van der Waals surface area contributed by atoms with E-state index < -0.39 is 42.5 Å². The van der Waals surface area contributed by atoms with Gasteiger partial charge in [-0.2, -0.15) is 0 Å². The predicted octanol–water partition coefficient (Wildman–Crippen LogP) is 6.16. The molecule has 0 bridgehead atoms. The molecule has 0 saturated heterocycles. The molecule has 5 aliphatic rings. The van der Waals surface area contributed by atoms with Crippen molar-refractivity contribution in [2.24, 2.45) is 50.2 Å². The monoisotopic (exact) mass is 630 g/mol. The summed E-state index contributed by atoms with van der Waals surface area (Å²) in [6.07, 6.45) is 8.34. The zero-order chi connectivity index (χ0) is 33.4. The van der Waals surface area contributed by atoms with Crippen LogP contribution in [0.2, 0.25) is 0 Å². The third kappa shape index (κ3) is 5.23. The van der Waals surface area contributed by atoms with Gasteiger partial charge in [0.2, 0.25) is 0 Å². The molecular weight excluding hydrogens is 576 g/mol. The van der Waals surface area contributed by atoms with Crippen LogP contribution in [0.25, 0.3) is 0 Å². The van der Waals surface area contributed by atoms with Gasteiger partial charge in [0.1, 0.15) is 6.10 Å². The zero-order valence-corrected chi connectivity index (χ0v) is 28.2. The van der Waals surface area contributed by atoms with Crippen LogP contribution in [0.4, 0.5) is 0 Å². The van der Waals surface area contributed by atoms with Crippen LogP contribution in [0.1, 0.15) is 119 Å². The number of aliphatic carboxylic acids is 2. The maximum Gasteiger partial charge on any atom is 0.341 e. The van der Waals surface area contributed by atoms with E-state index in [9.17, 15) is 29.4 Å². The second-order valence-corrected chi connectivity index (χ2v) is 17.2. The molecule has 9 atom stereocenters. The van der Waals surface area contributed by atoms with E-state index in [1.54, 1.807) is 0 Å². The van der Waals surface area contributed by atoms with E-state index in [1.807, 2.05) is 0 Å². The average Bonchev–Trinajstić information content (AvgIpc) is 2.93. The van der Waals surface area contributed by atoms with Crippen molar-refractivity contribution in [3.8, 4) is 0 Å². The van der Waals surface area contributed by atoms with Crippen LogP contribution in [0.3, 0.4) is 0 Å². The molecule has 0 aromatic heterocycles. The van der Waals surface area contributed by atoms with Crippen molar-refractivity contribution in [2.75, 3.05) is 6.61 Å². The van der Waals surface area contributed by atoms with Crippen LogP contribution in [-0.2, 0) is 28.7 Å². The highest BCUT2D eigenvalue weighted by atomic mass is 16.6. The first-order chi connectivity index (χ1) is 20.7. The largest absolute Gasteiger partial charge is 0.479 e. The fourth-order valence-electron chi connectivity index (χ4n) is 11.5. The highest BCUT2D eigenvalue weighted by Crippen LogP contribution is 2.76. The molecule has 45 heavy (non-hydrogen) atoms. The van der Waals surface area contributed by atoms with Gasteiger partial charge in [0, 0.05) is 5.41 Å². The lowest BCUT2D eigenvalue weighted by Crippen LogP contribution is -2.65. The van der Waals surface area contributed by atoms with Gasteiger partial charge in [0.15, 0.2) is 12.7 Å². The number of aliphatic hydroxyl groups excluding tert-OH is 1. The molecule has 0 aromatic carbocycles. The molecule has 0 amide bonds. The third-order valence-corrected chi connectivity index (χ3v) is 14.2. The van der Waals surface area contributed by atoms with Gasteiger partial charge < -0.3 is 24.8 Å². The van der Waals surface area contributed by atoms with Crippen LogP contribution in [0.5, 0.6) is 0 Å². The molecule has 4 fully saturated rings. The number of fused-ring (bicyclic) bond motifs is 7. The summed E-state index contributed by atoms with van der Waals surface area (Å²) in [5.41, 5.74) is 0.317. The number of esters is 2. The van der Waals surface area contributed by atoms with E-state index in [2.05, 4.69) is 54.5 Å². The van der Waals surface area contributed by atoms with Gasteiger partial charge in [0.05, 0.1) is 11.8 Å². The Bertz CT molecular complexity index is 1280. The first-order valence-corrected chi connectivity index (χ1v) is 16.9. The number of carboxylic acids is 2. The molecule has 3 N–H and O–H groups in total. The Labute approximate surface area is 267 Å². The second kappa shape index (κ2) is 11.1. The van der Waals surface area contributed by atoms with Crippen molar-refractivity contribution in [1.82, 2.24) is 0 Å². The minimum Gasteiger partial charge on any atom is -0.479 e. The highest BCUT2D eigenvalue weighted by Gasteiger charge is 2.69. The number of hydrogen-bond donors (Lipinski definition) is 3. The summed E-state index contributed by atoms with van der Waals surface area (Å²) in [5.74, 6) is -2.87. The van der Waals surface area contributed by atoms with Crippen LogP contribution >= 0.6 is 0 Å². The zero-order valence-electron chi connectivity index (χ0n) is 28.2. The van der Waals surface area contributed by atoms with E-state index in [1.165, 1.54) is 5.57 Å². The number of aliphatic hydroxyl groups is 1. The fourth-order valence-corrected chi connectivity index (χ4v) is 11.5. The Morgan fingerprint density at radius 3 is 2.20 bits per heavy atom. The van der Waals surface area contributed by atoms with Crippen molar-refractivity contribution in [2.45, 2.75) is 131 Å². The number of ether oxygens (including phenoxy) is 2. The Morgan fingerprint density at radius 1 is 0.889 bits per heavy atom. The summed E-state index contributed by atoms with van der Waals surface area (Å²) in [6, 6.07) is 0. The van der Waals surface area contributed by atoms with Gasteiger partial charge in [-0.05, 0) is 104 Å². The van der Waals surface area contributed by atoms with Gasteiger partial charge in [-0.25, -0.2) is 9.59 Å². The predicted molar refractivity (Wildman–Crippen MR) is 166 cm³/mol. The van der Waals surface area contributed by atoms with Crippen LogP contribution in [-0.4, -0.2) is 58.0 Å². The summed E-state index contributed by atoms with van der Waals surface area (Å²) in [7, 11) is 0. The maximum absolute atomic E-state index is 13.7. The summed E-state index contributed by atoms with van der Waals surface area (Å²) in [6.45, 7) is 15.6. The molecule has 4 saturated carbocycles. The normalized spacial score (nSPS) is 41.9. The lowest BCUT2D eigenvalue weighted by molar-refractivity contribution is -0.215. The smallest absolute Gasteiger partial charge is 0.341 e. The van der Waals surface area contributed by atoms with E-state index >= 15 is 0 Å². The van der Waals surface area contributed by atoms with Crippen LogP contribution in [0, 0.1) is 50.2 Å². The molecule has 0 heterocycles. The van der Waals surface area contributed by atoms with Crippen molar-refractivity contribution in [3.05, 3.63) is 11.6 Å². The lowest BCUT2D eigenvalue weighted by Gasteiger charge is -2.71. The molecule has 9 nitrogen and oxygen atoms in total. The number of carbonyl (C=O) groups excluding carboxylic acids is 2. The van der Waals surface area contributed by atoms with E-state index in [0.29, 0.717) is 31.1 Å². The summed E-state index contributed by atoms with van der Waals surface area (Å²) >= 11 is 0. The quantitative estimate of drug-likeness (QED) is 0.222. The Balaban J connectivity index is 1.45. The lowest BCUT2D eigenvalue weighted by atomic mass is 9.33. The molecule has 9 heteroatoms. The van der Waals surface area contributed by atoms with E-state index in [4.69, 9.17) is 14.6 Å². The standard InChI is InChI=1S/C36H54O9/c1-31(2)14-16-36(30(43)44-20-27(38)39)17-15-34(6)21(22(36)19-31)8-9-25-33(5)12-11-26(45-28(40)18-23(37)29(41)42)32(3,4)24(33)10-13-35(25,34)7/h8,22-26,37H,9-20H2,1-7H3,(H,38,39)(H,41,42)/t22-,23-,24-,25+,26-,33-,34+,35+,36-/m0/s1. The number of rotatable bonds is 7. The summed E-state index contributed by atoms with van der Waals surface area (Å²) in [5, 5.41) is 28.0. The molecule has 0 aliphatic heterocycles. The molecule has 5 aliphatic carbocycles. The van der Waals surface area contributed by atoms with Crippen molar-refractivity contribution < 1.29 is 44.0 Å². The minimum absolute atomic E-state index is 0.00770. The molecule has 5 rings (SSSR count). The molecule has 252 valence electrons. The van der Waals surface area contributed by atoms with E-state index in [0.717, 1.165) is 44.9 Å². The first kappa shape index (κ1) is 33.9. The van der Waals surface area contributed by atoms with Gasteiger partial charge in [0.25, 0.3) is 0 Å². The minimum atomic E-state index is -1.77. The number of carboxylic acid groups (broad SMARTS) is 2. The van der Waals surface area contributed by atoms with Crippen molar-refractivity contribution in [3.63, 3.8) is 0 Å². The molecule has 0 spiro atoms. The van der Waals surface area contributed by atoms with Crippen LogP contribution in [0.15, 0.2) is 11.6 Å². The van der Waals surface area contributed by atoms with Gasteiger partial charge >= 0.3 is 23.9 Å². The number of hydrogen-bond acceptors (Lipinski definition) is 7. The average molecular weight is 631 g/mol. The summed E-state index contributed by atoms with van der Waals surface area (Å²) < 4.78 is 11.3. The van der Waals surface area contributed by atoms with Crippen LogP contribution < -0.4 is 0 Å². The Morgan fingerprint density at radius 2 is 1.56 bits per heavy atom. The molecule has 0 unspecified atom stereocenters. The Kier molecular flexibility index (Phi) is 8.36. The summed E-state index contributed by atoms with van der Waals surface area (Å²) in [4.78, 5) is 48.8. The van der Waals surface area contributed by atoms with Gasteiger partial charge in [-0.1, -0.05) is 60.1 Å². The van der Waals surface area contributed by atoms with Crippen molar-refractivity contribution >= 4 is 23.9 Å². The van der Waals surface area contributed by atoms with Crippen molar-refractivity contribution in [1.29, 1.82) is 0 Å². The third-order valence-electron chi connectivity index (χ3n) is 14.2. The maximum atomic E-state index is 13.7. The molecule has 0 aromatic rings. The molecule has 0 radical (unpaired) electrons. The SMILES string of the molecule is CC1(C)CC[C@]2(C(=O)OCC(=O)O)CC[C@]3(C)C(=CC[C@@H]4[C@@]5(C)CC[C@H](OC(=O)C[C@H](O)C(=O)O)C(C)(C)[C@@H]5CC[C@]43C)[C@@H]2C1. The van der Waals surface area contributed by atoms with E-state index in [-0.39, 0.29) is 45.1 Å². The number of allylic oxidation sites excluding steroid dienone is 2. The Hall–Kier alpha value is -2.42. The number of carbonyl (C=O) groups is 4. The fraction of sp³-hybridized carbons (Fsp3) is 0.833.